The van der Waals surface area contributed by atoms with Crippen LogP contribution in [-0.2, 0) is 9.59 Å². The van der Waals surface area contributed by atoms with E-state index in [1.165, 1.54) is 0 Å². The summed E-state index contributed by atoms with van der Waals surface area (Å²) in [6.07, 6.45) is 0. The molecule has 1 heterocycles. The van der Waals surface area contributed by atoms with E-state index in [-0.39, 0.29) is 16.3 Å². The second-order valence-electron chi connectivity index (χ2n) is 3.47. The van der Waals surface area contributed by atoms with Crippen molar-refractivity contribution in [2.75, 3.05) is 11.4 Å². The van der Waals surface area contributed by atoms with E-state index in [1.807, 2.05) is 0 Å². The van der Waals surface area contributed by atoms with Gasteiger partial charge in [0.05, 0.1) is 16.3 Å². The van der Waals surface area contributed by atoms with Crippen molar-refractivity contribution >= 4 is 34.9 Å². The molecule has 0 saturated heterocycles. The zero-order chi connectivity index (χ0) is 12.7. The van der Waals surface area contributed by atoms with Gasteiger partial charge in [-0.05, 0) is 12.1 Å². The first-order valence-corrected chi connectivity index (χ1v) is 4.93. The van der Waals surface area contributed by atoms with Crippen LogP contribution >= 0.6 is 11.6 Å². The second kappa shape index (κ2) is 3.81. The fraction of sp³-hybridized carbons (Fsp3) is 0.100. The largest absolute Gasteiger partial charge is 0.368 e. The van der Waals surface area contributed by atoms with Crippen LogP contribution in [0.4, 0.5) is 10.1 Å². The molecule has 2 amide bonds. The Kier molecular flexibility index (Phi) is 2.59. The van der Waals surface area contributed by atoms with Gasteiger partial charge < -0.3 is 5.73 Å². The highest BCUT2D eigenvalue weighted by Gasteiger charge is 2.37. The van der Waals surface area contributed by atoms with Gasteiger partial charge in [-0.25, -0.2) is 4.39 Å². The van der Waals surface area contributed by atoms with E-state index < -0.39 is 30.0 Å². The number of nitrogens with zero attached hydrogens (tertiary/aromatic N) is 1. The number of fused-ring (bicyclic) bond motifs is 1. The van der Waals surface area contributed by atoms with Gasteiger partial charge in [0.2, 0.25) is 5.91 Å². The second-order valence-corrected chi connectivity index (χ2v) is 3.88. The summed E-state index contributed by atoms with van der Waals surface area (Å²) in [5, 5.41) is -0.258. The van der Waals surface area contributed by atoms with Gasteiger partial charge >= 0.3 is 0 Å². The lowest BCUT2D eigenvalue weighted by atomic mass is 10.1. The fourth-order valence-electron chi connectivity index (χ4n) is 1.60. The van der Waals surface area contributed by atoms with Gasteiger partial charge in [-0.2, -0.15) is 0 Å². The zero-order valence-electron chi connectivity index (χ0n) is 8.37. The third-order valence-electron chi connectivity index (χ3n) is 2.33. The molecule has 0 aliphatic carbocycles. The molecule has 88 valence electrons. The van der Waals surface area contributed by atoms with Gasteiger partial charge in [0.15, 0.2) is 0 Å². The molecule has 17 heavy (non-hydrogen) atoms. The first-order chi connectivity index (χ1) is 7.91. The Balaban J connectivity index is 2.56. The summed E-state index contributed by atoms with van der Waals surface area (Å²) in [5.74, 6) is -3.32. The average molecular weight is 257 g/mol. The van der Waals surface area contributed by atoms with Crippen LogP contribution in [0.5, 0.6) is 0 Å². The van der Waals surface area contributed by atoms with Crippen LogP contribution in [0.2, 0.25) is 5.02 Å². The van der Waals surface area contributed by atoms with Crippen molar-refractivity contribution in [3.05, 3.63) is 28.5 Å². The minimum atomic E-state index is -0.916. The first kappa shape index (κ1) is 11.5. The molecule has 0 saturated carbocycles. The molecular weight excluding hydrogens is 251 g/mol. The lowest BCUT2D eigenvalue weighted by Crippen LogP contribution is -2.37. The molecule has 0 aromatic heterocycles. The predicted octanol–water partition coefficient (Wildman–Crippen LogP) is 0.494. The van der Waals surface area contributed by atoms with Crippen LogP contribution in [0.1, 0.15) is 10.4 Å². The van der Waals surface area contributed by atoms with Gasteiger partial charge in [0.25, 0.3) is 11.7 Å². The SMILES string of the molecule is NC(=O)CN1C(=O)C(=O)c2cc(Cl)c(F)cc21. The maximum atomic E-state index is 13.2. The molecule has 2 N–H and O–H groups in total. The molecule has 1 aliphatic rings. The van der Waals surface area contributed by atoms with Gasteiger partial charge in [-0.3, -0.25) is 19.3 Å². The molecule has 1 aromatic rings. The van der Waals surface area contributed by atoms with Crippen LogP contribution < -0.4 is 10.6 Å². The number of nitrogens with two attached hydrogens (primary N) is 1. The lowest BCUT2D eigenvalue weighted by molar-refractivity contribution is -0.119. The number of amides is 2. The van der Waals surface area contributed by atoms with E-state index >= 15 is 0 Å². The summed E-state index contributed by atoms with van der Waals surface area (Å²) >= 11 is 5.51. The Morgan fingerprint density at radius 1 is 1.41 bits per heavy atom. The van der Waals surface area contributed by atoms with Crippen LogP contribution in [0, 0.1) is 5.82 Å². The molecule has 0 radical (unpaired) electrons. The summed E-state index contributed by atoms with van der Waals surface area (Å²) < 4.78 is 13.2. The summed E-state index contributed by atoms with van der Waals surface area (Å²) in [5.41, 5.74) is 4.93. The third kappa shape index (κ3) is 1.76. The van der Waals surface area contributed by atoms with Gasteiger partial charge in [0, 0.05) is 0 Å². The number of carbonyl (C=O) groups excluding carboxylic acids is 3. The molecule has 0 atom stereocenters. The molecule has 0 spiro atoms. The first-order valence-electron chi connectivity index (χ1n) is 4.55. The number of benzene rings is 1. The van der Waals surface area contributed by atoms with E-state index in [9.17, 15) is 18.8 Å². The van der Waals surface area contributed by atoms with Crippen molar-refractivity contribution in [3.63, 3.8) is 0 Å². The van der Waals surface area contributed by atoms with Gasteiger partial charge in [-0.15, -0.1) is 0 Å². The Bertz CT molecular complexity index is 559. The van der Waals surface area contributed by atoms with Crippen molar-refractivity contribution in [2.24, 2.45) is 5.73 Å². The fourth-order valence-corrected chi connectivity index (χ4v) is 1.77. The van der Waals surface area contributed by atoms with E-state index in [0.29, 0.717) is 0 Å². The number of ketones is 1. The third-order valence-corrected chi connectivity index (χ3v) is 2.62. The highest BCUT2D eigenvalue weighted by atomic mass is 35.5. The van der Waals surface area contributed by atoms with Crippen LogP contribution in [0.3, 0.4) is 0 Å². The zero-order valence-corrected chi connectivity index (χ0v) is 9.12. The number of hydrogen-bond acceptors (Lipinski definition) is 3. The highest BCUT2D eigenvalue weighted by molar-refractivity contribution is 6.53. The number of primary amides is 1. The Labute approximate surface area is 99.9 Å². The standard InChI is InChI=1S/C10H6ClFN2O3/c11-5-1-4-7(2-6(5)12)14(3-8(13)15)10(17)9(4)16/h1-2H,3H2,(H2,13,15). The molecule has 1 aromatic carbocycles. The van der Waals surface area contributed by atoms with Gasteiger partial charge in [0.1, 0.15) is 12.4 Å². The maximum Gasteiger partial charge on any atom is 0.299 e. The molecular formula is C10H6ClFN2O3. The van der Waals surface area contributed by atoms with E-state index in [4.69, 9.17) is 17.3 Å². The molecule has 1 aliphatic heterocycles. The Hall–Kier alpha value is -1.95. The molecule has 0 unspecified atom stereocenters. The summed E-state index contributed by atoms with van der Waals surface area (Å²) in [4.78, 5) is 34.7. The van der Waals surface area contributed by atoms with Crippen LogP contribution in [-0.4, -0.2) is 24.1 Å². The van der Waals surface area contributed by atoms with Crippen LogP contribution in [0.15, 0.2) is 12.1 Å². The predicted molar refractivity (Wildman–Crippen MR) is 57.3 cm³/mol. The number of hydrogen-bond donors (Lipinski definition) is 1. The van der Waals surface area contributed by atoms with Gasteiger partial charge in [-0.1, -0.05) is 11.6 Å². The van der Waals surface area contributed by atoms with Crippen molar-refractivity contribution in [2.45, 2.75) is 0 Å². The number of carbonyl (C=O) groups is 3. The minimum Gasteiger partial charge on any atom is -0.368 e. The van der Waals surface area contributed by atoms with Crippen LogP contribution in [0.25, 0.3) is 0 Å². The quantitative estimate of drug-likeness (QED) is 0.782. The number of anilines is 1. The summed E-state index contributed by atoms with van der Waals surface area (Å²) in [7, 11) is 0. The topological polar surface area (TPSA) is 80.5 Å². The molecule has 0 bridgehead atoms. The summed E-state index contributed by atoms with van der Waals surface area (Å²) in [6.45, 7) is -0.474. The number of rotatable bonds is 2. The molecule has 0 fully saturated rings. The van der Waals surface area contributed by atoms with E-state index in [2.05, 4.69) is 0 Å². The van der Waals surface area contributed by atoms with Crippen molar-refractivity contribution in [1.82, 2.24) is 0 Å². The average Bonchev–Trinajstić information content (AvgIpc) is 2.45. The number of Topliss-reactive ketones (excluding diaryl/α,β-unsaturated/α-hetero) is 1. The number of halogens is 2. The van der Waals surface area contributed by atoms with E-state index in [1.54, 1.807) is 0 Å². The van der Waals surface area contributed by atoms with Crippen molar-refractivity contribution < 1.29 is 18.8 Å². The maximum absolute atomic E-state index is 13.2. The van der Waals surface area contributed by atoms with Crippen molar-refractivity contribution in [1.29, 1.82) is 0 Å². The highest BCUT2D eigenvalue weighted by Crippen LogP contribution is 2.32. The van der Waals surface area contributed by atoms with E-state index in [0.717, 1.165) is 17.0 Å². The Morgan fingerprint density at radius 2 is 2.06 bits per heavy atom. The smallest absolute Gasteiger partial charge is 0.299 e. The summed E-state index contributed by atoms with van der Waals surface area (Å²) in [6, 6.07) is 2.00. The Morgan fingerprint density at radius 3 is 2.65 bits per heavy atom. The monoisotopic (exact) mass is 256 g/mol. The normalized spacial score (nSPS) is 14.1. The molecule has 5 nitrogen and oxygen atoms in total. The molecule has 2 rings (SSSR count). The van der Waals surface area contributed by atoms with Crippen molar-refractivity contribution in [3.8, 4) is 0 Å². The lowest BCUT2D eigenvalue weighted by Gasteiger charge is -2.13. The minimum absolute atomic E-state index is 0.0145. The molecule has 7 heteroatoms.